The third-order valence-corrected chi connectivity index (χ3v) is 4.70. The molecule has 5 nitrogen and oxygen atoms in total. The summed E-state index contributed by atoms with van der Waals surface area (Å²) in [5.74, 6) is 1.30. The Bertz CT molecular complexity index is 486. The largest absolute Gasteiger partial charge is 0.337 e. The molecule has 1 amide bonds. The van der Waals surface area contributed by atoms with E-state index in [9.17, 15) is 4.79 Å². The number of hydrogen-bond donors (Lipinski definition) is 1. The summed E-state index contributed by atoms with van der Waals surface area (Å²) in [6.45, 7) is 4.67. The molecule has 20 heavy (non-hydrogen) atoms. The molecule has 0 radical (unpaired) electrons. The maximum atomic E-state index is 13.0. The van der Waals surface area contributed by atoms with Gasteiger partial charge < -0.3 is 14.8 Å². The highest BCUT2D eigenvalue weighted by atomic mass is 16.2. The van der Waals surface area contributed by atoms with Crippen LogP contribution in [0.15, 0.2) is 12.4 Å². The lowest BCUT2D eigenvalue weighted by Gasteiger charge is -2.37. The second kappa shape index (κ2) is 5.20. The van der Waals surface area contributed by atoms with E-state index in [-0.39, 0.29) is 5.41 Å². The molecule has 2 heterocycles. The molecule has 0 bridgehead atoms. The van der Waals surface area contributed by atoms with Crippen LogP contribution in [0, 0.1) is 5.41 Å². The number of rotatable bonds is 4. The normalized spacial score (nSPS) is 21.7. The Morgan fingerprint density at radius 2 is 2.20 bits per heavy atom. The minimum Gasteiger partial charge on any atom is -0.337 e. The van der Waals surface area contributed by atoms with Gasteiger partial charge in [0.15, 0.2) is 0 Å². The first kappa shape index (κ1) is 13.6. The first-order valence-electron chi connectivity index (χ1n) is 7.58. The third kappa shape index (κ3) is 2.59. The Morgan fingerprint density at radius 1 is 1.50 bits per heavy atom. The van der Waals surface area contributed by atoms with Gasteiger partial charge in [0.05, 0.1) is 6.54 Å². The number of piperidine rings is 1. The highest BCUT2D eigenvalue weighted by Gasteiger charge is 2.42. The standard InChI is InChI=1S/C15H24N4O/c1-15(5-7-16-8-6-15)14(20)19(12-3-4-12)11-13-17-9-10-18(13)2/h9-10,12,16H,3-8,11H2,1-2H3. The third-order valence-electron chi connectivity index (χ3n) is 4.70. The number of imidazole rings is 1. The predicted octanol–water partition coefficient (Wildman–Crippen LogP) is 1.30. The fraction of sp³-hybridized carbons (Fsp3) is 0.733. The molecule has 1 aromatic rings. The van der Waals surface area contributed by atoms with Gasteiger partial charge in [-0.1, -0.05) is 6.92 Å². The lowest BCUT2D eigenvalue weighted by atomic mass is 9.79. The fourth-order valence-electron chi connectivity index (χ4n) is 2.99. The molecule has 3 rings (SSSR count). The van der Waals surface area contributed by atoms with Crippen LogP contribution in [0.1, 0.15) is 38.4 Å². The van der Waals surface area contributed by atoms with Gasteiger partial charge in [-0.05, 0) is 38.8 Å². The van der Waals surface area contributed by atoms with Crippen molar-refractivity contribution < 1.29 is 4.79 Å². The molecule has 1 N–H and O–H groups in total. The van der Waals surface area contributed by atoms with Crippen LogP contribution >= 0.6 is 0 Å². The molecular weight excluding hydrogens is 252 g/mol. The molecule has 1 aromatic heterocycles. The molecule has 2 fully saturated rings. The zero-order valence-electron chi connectivity index (χ0n) is 12.4. The van der Waals surface area contributed by atoms with Gasteiger partial charge in [0.25, 0.3) is 0 Å². The Hall–Kier alpha value is -1.36. The van der Waals surface area contributed by atoms with Crippen molar-refractivity contribution in [3.63, 3.8) is 0 Å². The lowest BCUT2D eigenvalue weighted by Crippen LogP contribution is -2.48. The van der Waals surface area contributed by atoms with Crippen LogP contribution in [0.3, 0.4) is 0 Å². The van der Waals surface area contributed by atoms with E-state index < -0.39 is 0 Å². The second-order valence-corrected chi connectivity index (χ2v) is 6.43. The maximum absolute atomic E-state index is 13.0. The number of nitrogens with zero attached hydrogens (tertiary/aromatic N) is 3. The number of hydrogen-bond acceptors (Lipinski definition) is 3. The van der Waals surface area contributed by atoms with E-state index in [4.69, 9.17) is 0 Å². The average Bonchev–Trinajstić information content (AvgIpc) is 3.20. The van der Waals surface area contributed by atoms with Crippen LogP contribution in [0.4, 0.5) is 0 Å². The van der Waals surface area contributed by atoms with Crippen LogP contribution in [0.5, 0.6) is 0 Å². The van der Waals surface area contributed by atoms with Crippen molar-refractivity contribution in [2.24, 2.45) is 12.5 Å². The number of nitrogens with one attached hydrogen (secondary N) is 1. The van der Waals surface area contributed by atoms with Gasteiger partial charge in [-0.25, -0.2) is 4.98 Å². The highest BCUT2D eigenvalue weighted by Crippen LogP contribution is 2.36. The number of carbonyl (C=O) groups is 1. The van der Waals surface area contributed by atoms with Gasteiger partial charge in [0.2, 0.25) is 5.91 Å². The minimum atomic E-state index is -0.195. The zero-order valence-corrected chi connectivity index (χ0v) is 12.4. The Balaban J connectivity index is 1.76. The first-order chi connectivity index (χ1) is 9.60. The van der Waals surface area contributed by atoms with Crippen molar-refractivity contribution in [3.8, 4) is 0 Å². The molecule has 0 spiro atoms. The van der Waals surface area contributed by atoms with Gasteiger partial charge in [-0.3, -0.25) is 4.79 Å². The molecule has 0 atom stereocenters. The van der Waals surface area contributed by atoms with Crippen molar-refractivity contribution in [1.29, 1.82) is 0 Å². The van der Waals surface area contributed by atoms with Gasteiger partial charge in [0.1, 0.15) is 5.82 Å². The summed E-state index contributed by atoms with van der Waals surface area (Å²) >= 11 is 0. The molecule has 0 unspecified atom stereocenters. The van der Waals surface area contributed by atoms with Crippen LogP contribution in [-0.4, -0.2) is 39.5 Å². The van der Waals surface area contributed by atoms with Crippen molar-refractivity contribution in [2.45, 2.75) is 45.2 Å². The van der Waals surface area contributed by atoms with E-state index in [0.717, 1.165) is 44.6 Å². The monoisotopic (exact) mass is 276 g/mol. The minimum absolute atomic E-state index is 0.195. The molecule has 2 aliphatic rings. The van der Waals surface area contributed by atoms with Gasteiger partial charge in [-0.2, -0.15) is 0 Å². The average molecular weight is 276 g/mol. The molecule has 1 aliphatic heterocycles. The number of carbonyl (C=O) groups excluding carboxylic acids is 1. The SMILES string of the molecule is Cn1ccnc1CN(C(=O)C1(C)CCNCC1)C1CC1. The van der Waals surface area contributed by atoms with E-state index in [1.807, 2.05) is 17.8 Å². The lowest BCUT2D eigenvalue weighted by molar-refractivity contribution is -0.144. The summed E-state index contributed by atoms with van der Waals surface area (Å²) in [5, 5.41) is 3.35. The summed E-state index contributed by atoms with van der Waals surface area (Å²) in [6, 6.07) is 0.436. The smallest absolute Gasteiger partial charge is 0.229 e. The van der Waals surface area contributed by atoms with Crippen LogP contribution in [0.2, 0.25) is 0 Å². The molecule has 1 saturated heterocycles. The summed E-state index contributed by atoms with van der Waals surface area (Å²) in [7, 11) is 1.99. The Labute approximate surface area is 120 Å². The van der Waals surface area contributed by atoms with E-state index >= 15 is 0 Å². The van der Waals surface area contributed by atoms with Crippen molar-refractivity contribution in [2.75, 3.05) is 13.1 Å². The van der Waals surface area contributed by atoms with Gasteiger partial charge >= 0.3 is 0 Å². The van der Waals surface area contributed by atoms with E-state index in [2.05, 4.69) is 22.1 Å². The molecule has 110 valence electrons. The van der Waals surface area contributed by atoms with Gasteiger partial charge in [-0.15, -0.1) is 0 Å². The van der Waals surface area contributed by atoms with Crippen molar-refractivity contribution >= 4 is 5.91 Å². The molecule has 1 saturated carbocycles. The van der Waals surface area contributed by atoms with E-state index in [1.54, 1.807) is 6.20 Å². The summed E-state index contributed by atoms with van der Waals surface area (Å²) in [5.41, 5.74) is -0.195. The summed E-state index contributed by atoms with van der Waals surface area (Å²) in [4.78, 5) is 19.4. The number of aryl methyl sites for hydroxylation is 1. The van der Waals surface area contributed by atoms with E-state index in [1.165, 1.54) is 0 Å². The van der Waals surface area contributed by atoms with Crippen molar-refractivity contribution in [3.05, 3.63) is 18.2 Å². The zero-order chi connectivity index (χ0) is 14.2. The summed E-state index contributed by atoms with van der Waals surface area (Å²) in [6.07, 6.45) is 7.91. The topological polar surface area (TPSA) is 50.2 Å². The van der Waals surface area contributed by atoms with Crippen LogP contribution in [0.25, 0.3) is 0 Å². The number of aromatic nitrogens is 2. The van der Waals surface area contributed by atoms with Crippen LogP contribution in [-0.2, 0) is 18.4 Å². The molecule has 1 aliphatic carbocycles. The van der Waals surface area contributed by atoms with Crippen LogP contribution < -0.4 is 5.32 Å². The maximum Gasteiger partial charge on any atom is 0.229 e. The second-order valence-electron chi connectivity index (χ2n) is 6.43. The molecule has 0 aromatic carbocycles. The quantitative estimate of drug-likeness (QED) is 0.902. The van der Waals surface area contributed by atoms with E-state index in [0.29, 0.717) is 18.5 Å². The Morgan fingerprint density at radius 3 is 2.75 bits per heavy atom. The van der Waals surface area contributed by atoms with Gasteiger partial charge in [0, 0.05) is 30.9 Å². The fourth-order valence-corrected chi connectivity index (χ4v) is 2.99. The first-order valence-corrected chi connectivity index (χ1v) is 7.58. The highest BCUT2D eigenvalue weighted by molar-refractivity contribution is 5.83. The molecule has 5 heteroatoms. The Kier molecular flexibility index (Phi) is 3.54. The van der Waals surface area contributed by atoms with Crippen molar-refractivity contribution in [1.82, 2.24) is 19.8 Å². The molecular formula is C15H24N4O. The summed E-state index contributed by atoms with van der Waals surface area (Å²) < 4.78 is 2.01. The predicted molar refractivity (Wildman–Crippen MR) is 77.0 cm³/mol. The number of amides is 1.